The van der Waals surface area contributed by atoms with E-state index in [0.29, 0.717) is 26.4 Å². The average molecular weight is 485 g/mol. The third-order valence-electron chi connectivity index (χ3n) is 5.85. The monoisotopic (exact) mass is 484 g/mol. The Morgan fingerprint density at radius 3 is 1.34 bits per heavy atom. The fraction of sp³-hybridized carbons (Fsp3) is 0.462. The molecule has 5 aliphatic rings. The molecule has 35 heavy (non-hydrogen) atoms. The number of carbonyl (C=O) groups excluding carboxylic acids is 2. The topological polar surface area (TPSA) is 104 Å². The minimum Gasteiger partial charge on any atom is -0.447 e. The number of anilines is 2. The number of hydrogen-bond acceptors (Lipinski definition) is 7. The molecule has 2 aromatic rings. The molecule has 2 N–H and O–H groups in total. The van der Waals surface area contributed by atoms with Crippen molar-refractivity contribution >= 4 is 23.6 Å². The number of aryl methyl sites for hydroxylation is 4. The van der Waals surface area contributed by atoms with Crippen molar-refractivity contribution in [3.63, 3.8) is 0 Å². The fourth-order valence-electron chi connectivity index (χ4n) is 4.01. The lowest BCUT2D eigenvalue weighted by molar-refractivity contribution is 0.000476. The molecule has 0 saturated heterocycles. The number of carbonyl (C=O) groups is 2. The molecule has 0 fully saturated rings. The number of cyclic esters (lactones) is 2. The quantitative estimate of drug-likeness (QED) is 0.587. The van der Waals surface area contributed by atoms with E-state index >= 15 is 0 Å². The molecule has 0 radical (unpaired) electrons. The Kier molecular flexibility index (Phi) is 9.33. The van der Waals surface area contributed by atoms with E-state index in [0.717, 1.165) is 59.3 Å². The summed E-state index contributed by atoms with van der Waals surface area (Å²) >= 11 is 0. The molecule has 0 spiro atoms. The Labute approximate surface area is 205 Å². The predicted molar refractivity (Wildman–Crippen MR) is 130 cm³/mol. The van der Waals surface area contributed by atoms with Crippen LogP contribution in [0.5, 0.6) is 0 Å². The van der Waals surface area contributed by atoms with Crippen LogP contribution >= 0.6 is 0 Å². The SMILES string of the molecule is O=C1Nc2cc3ccc2CCc2ccc(c(c2)NC(=O)OCCOCCOCCOCCO1)CC3. The first kappa shape index (κ1) is 25.0. The molecule has 2 aromatic carbocycles. The Balaban J connectivity index is 1.50. The molecule has 0 aromatic heterocycles. The van der Waals surface area contributed by atoms with Gasteiger partial charge in [-0.15, -0.1) is 0 Å². The van der Waals surface area contributed by atoms with Crippen molar-refractivity contribution in [2.75, 3.05) is 63.5 Å². The van der Waals surface area contributed by atoms with E-state index in [1.807, 2.05) is 12.1 Å². The summed E-state index contributed by atoms with van der Waals surface area (Å²) in [4.78, 5) is 24.8. The molecule has 0 saturated carbocycles. The van der Waals surface area contributed by atoms with Crippen LogP contribution in [0.15, 0.2) is 36.4 Å². The Morgan fingerprint density at radius 1 is 0.514 bits per heavy atom. The second-order valence-corrected chi connectivity index (χ2v) is 8.34. The van der Waals surface area contributed by atoms with Gasteiger partial charge in [0.2, 0.25) is 0 Å². The van der Waals surface area contributed by atoms with Gasteiger partial charge >= 0.3 is 12.2 Å². The molecule has 9 nitrogen and oxygen atoms in total. The van der Waals surface area contributed by atoms with Crippen molar-refractivity contribution in [3.8, 4) is 0 Å². The Morgan fingerprint density at radius 2 is 0.914 bits per heavy atom. The van der Waals surface area contributed by atoms with Gasteiger partial charge in [-0.2, -0.15) is 0 Å². The summed E-state index contributed by atoms with van der Waals surface area (Å²) < 4.78 is 26.9. The number of amides is 2. The van der Waals surface area contributed by atoms with Gasteiger partial charge in [-0.3, -0.25) is 10.6 Å². The van der Waals surface area contributed by atoms with E-state index in [-0.39, 0.29) is 26.4 Å². The lowest BCUT2D eigenvalue weighted by Crippen LogP contribution is -2.20. The van der Waals surface area contributed by atoms with Crippen molar-refractivity contribution in [2.24, 2.45) is 0 Å². The molecular formula is C26H32N2O7. The van der Waals surface area contributed by atoms with Crippen LogP contribution in [0.2, 0.25) is 0 Å². The minimum atomic E-state index is -0.504. The van der Waals surface area contributed by atoms with Gasteiger partial charge in [0.25, 0.3) is 0 Å². The highest BCUT2D eigenvalue weighted by atomic mass is 16.6. The van der Waals surface area contributed by atoms with Crippen LogP contribution in [0.4, 0.5) is 21.0 Å². The van der Waals surface area contributed by atoms with Gasteiger partial charge in [0.15, 0.2) is 0 Å². The summed E-state index contributed by atoms with van der Waals surface area (Å²) in [5.41, 5.74) is 5.72. The first-order chi connectivity index (χ1) is 17.2. The molecule has 9 heteroatoms. The molecular weight excluding hydrogens is 452 g/mol. The van der Waals surface area contributed by atoms with Crippen molar-refractivity contribution in [2.45, 2.75) is 25.7 Å². The summed E-state index contributed by atoms with van der Waals surface area (Å²) in [5, 5.41) is 5.79. The highest BCUT2D eigenvalue weighted by Gasteiger charge is 2.14. The third-order valence-corrected chi connectivity index (χ3v) is 5.85. The van der Waals surface area contributed by atoms with Gasteiger partial charge < -0.3 is 23.7 Å². The van der Waals surface area contributed by atoms with Gasteiger partial charge in [0.05, 0.1) is 39.6 Å². The predicted octanol–water partition coefficient (Wildman–Crippen LogP) is 3.73. The van der Waals surface area contributed by atoms with Crippen molar-refractivity contribution in [3.05, 3.63) is 58.7 Å². The summed E-state index contributed by atoms with van der Waals surface area (Å²) in [6.45, 7) is 2.49. The van der Waals surface area contributed by atoms with Gasteiger partial charge in [-0.1, -0.05) is 24.3 Å². The maximum atomic E-state index is 12.4. The van der Waals surface area contributed by atoms with Gasteiger partial charge in [0.1, 0.15) is 13.2 Å². The Hall–Kier alpha value is -3.14. The molecule has 4 aliphatic carbocycles. The van der Waals surface area contributed by atoms with Crippen molar-refractivity contribution in [1.29, 1.82) is 0 Å². The number of nitrogens with one attached hydrogen (secondary N) is 2. The van der Waals surface area contributed by atoms with Crippen molar-refractivity contribution < 1.29 is 33.3 Å². The number of hydrogen-bond donors (Lipinski definition) is 2. The summed E-state index contributed by atoms with van der Waals surface area (Å²) in [6, 6.07) is 12.3. The molecule has 2 amide bonds. The molecule has 0 unspecified atom stereocenters. The molecule has 6 bridgehead atoms. The largest absolute Gasteiger partial charge is 0.447 e. The number of ether oxygens (including phenoxy) is 5. The second-order valence-electron chi connectivity index (χ2n) is 8.34. The maximum Gasteiger partial charge on any atom is 0.411 e. The van der Waals surface area contributed by atoms with E-state index in [2.05, 4.69) is 34.9 Å². The van der Waals surface area contributed by atoms with Crippen LogP contribution in [0.3, 0.4) is 0 Å². The number of rotatable bonds is 0. The first-order valence-corrected chi connectivity index (χ1v) is 12.0. The van der Waals surface area contributed by atoms with Crippen LogP contribution in [0.25, 0.3) is 0 Å². The van der Waals surface area contributed by atoms with E-state index in [1.165, 1.54) is 0 Å². The van der Waals surface area contributed by atoms with Crippen molar-refractivity contribution in [1.82, 2.24) is 0 Å². The molecule has 1 heterocycles. The Bertz CT molecular complexity index is 932. The fourth-order valence-corrected chi connectivity index (χ4v) is 4.01. The highest BCUT2D eigenvalue weighted by Crippen LogP contribution is 2.26. The molecule has 188 valence electrons. The molecule has 7 rings (SSSR count). The normalized spacial score (nSPS) is 18.7. The van der Waals surface area contributed by atoms with Crippen LogP contribution in [0.1, 0.15) is 22.3 Å². The highest BCUT2D eigenvalue weighted by molar-refractivity contribution is 5.86. The smallest absolute Gasteiger partial charge is 0.411 e. The van der Waals surface area contributed by atoms with Gasteiger partial charge in [-0.05, 0) is 60.1 Å². The molecule has 1 aliphatic heterocycles. The van der Waals surface area contributed by atoms with E-state index < -0.39 is 12.2 Å². The number of benzene rings is 2. The van der Waals surface area contributed by atoms with Gasteiger partial charge in [-0.25, -0.2) is 9.59 Å². The van der Waals surface area contributed by atoms with Crippen LogP contribution in [-0.4, -0.2) is 65.0 Å². The van der Waals surface area contributed by atoms with Crippen LogP contribution < -0.4 is 10.6 Å². The zero-order valence-corrected chi connectivity index (χ0v) is 19.8. The van der Waals surface area contributed by atoms with E-state index in [4.69, 9.17) is 23.7 Å². The standard InChI is InChI=1S/C26H32N2O7/c29-25-27-23-17-19-1-5-21(23)8-4-20-2-6-22(7-3-19)24(18-20)28-26(30)35-16-14-33-12-10-31-9-11-32-13-15-34-25/h1-2,5-6,17-18H,3-4,7-16H2,(H,27,29)(H,28,30). The maximum absolute atomic E-state index is 12.4. The van der Waals surface area contributed by atoms with Crippen LogP contribution in [0, 0.1) is 0 Å². The van der Waals surface area contributed by atoms with E-state index in [1.54, 1.807) is 0 Å². The summed E-state index contributed by atoms with van der Waals surface area (Å²) in [5.74, 6) is 0. The van der Waals surface area contributed by atoms with Crippen LogP contribution in [-0.2, 0) is 49.4 Å². The van der Waals surface area contributed by atoms with Gasteiger partial charge in [0, 0.05) is 11.4 Å². The lowest BCUT2D eigenvalue weighted by atomic mass is 9.94. The zero-order valence-electron chi connectivity index (χ0n) is 19.8. The zero-order chi connectivity index (χ0) is 24.3. The lowest BCUT2D eigenvalue weighted by Gasteiger charge is -2.18. The summed E-state index contributed by atoms with van der Waals surface area (Å²) in [6.07, 6.45) is 1.93. The summed E-state index contributed by atoms with van der Waals surface area (Å²) in [7, 11) is 0. The second kappa shape index (κ2) is 13.1. The minimum absolute atomic E-state index is 0.157. The average Bonchev–Trinajstić information content (AvgIpc) is 2.84. The third kappa shape index (κ3) is 7.95. The van der Waals surface area contributed by atoms with E-state index in [9.17, 15) is 9.59 Å². The first-order valence-electron chi connectivity index (χ1n) is 12.0. The molecule has 0 atom stereocenters.